The average Bonchev–Trinajstić information content (AvgIpc) is 2.48. The second-order valence-electron chi connectivity index (χ2n) is 4.43. The number of halogens is 1. The van der Waals surface area contributed by atoms with Gasteiger partial charge in [0.25, 0.3) is 0 Å². The van der Waals surface area contributed by atoms with Crippen molar-refractivity contribution in [1.29, 1.82) is 0 Å². The number of aliphatic hydroxyl groups excluding tert-OH is 2. The molecule has 0 aliphatic carbocycles. The highest BCUT2D eigenvalue weighted by Crippen LogP contribution is 2.10. The van der Waals surface area contributed by atoms with Gasteiger partial charge in [0.1, 0.15) is 4.60 Å². The molecule has 7 heteroatoms. The van der Waals surface area contributed by atoms with E-state index in [-0.39, 0.29) is 13.2 Å². The van der Waals surface area contributed by atoms with Gasteiger partial charge >= 0.3 is 0 Å². The molecule has 1 rings (SSSR count). The zero-order valence-electron chi connectivity index (χ0n) is 12.1. The minimum absolute atomic E-state index is 0.0386. The molecule has 0 aliphatic heterocycles. The summed E-state index contributed by atoms with van der Waals surface area (Å²) in [6.45, 7) is 4.19. The third kappa shape index (κ3) is 9.13. The number of aliphatic hydroxyl groups is 2. The van der Waals surface area contributed by atoms with Crippen molar-refractivity contribution in [2.24, 2.45) is 0 Å². The van der Waals surface area contributed by atoms with Gasteiger partial charge in [-0.1, -0.05) is 0 Å². The topological polar surface area (TPSA) is 75.1 Å². The zero-order valence-corrected chi connectivity index (χ0v) is 13.7. The van der Waals surface area contributed by atoms with Gasteiger partial charge in [0.15, 0.2) is 0 Å². The predicted molar refractivity (Wildman–Crippen MR) is 83.0 cm³/mol. The first-order valence-corrected chi connectivity index (χ1v) is 7.75. The van der Waals surface area contributed by atoms with Gasteiger partial charge in [0, 0.05) is 25.8 Å². The molecule has 1 heterocycles. The highest BCUT2D eigenvalue weighted by molar-refractivity contribution is 9.10. The molecule has 21 heavy (non-hydrogen) atoms. The van der Waals surface area contributed by atoms with Crippen molar-refractivity contribution in [3.8, 4) is 0 Å². The van der Waals surface area contributed by atoms with Crippen LogP contribution in [0.15, 0.2) is 22.9 Å². The van der Waals surface area contributed by atoms with E-state index in [1.54, 1.807) is 6.20 Å². The first-order valence-electron chi connectivity index (χ1n) is 6.96. The predicted octanol–water partition coefficient (Wildman–Crippen LogP) is 0.664. The summed E-state index contributed by atoms with van der Waals surface area (Å²) in [5, 5.41) is 17.4. The van der Waals surface area contributed by atoms with E-state index in [0.717, 1.165) is 29.8 Å². The van der Waals surface area contributed by atoms with Crippen LogP contribution in [0, 0.1) is 0 Å². The standard InChI is InChI=1S/C14H23BrN2O4/c15-14-11-13(1-2-16-14)12-17(3-7-20-9-5-18)4-8-21-10-6-19/h1-2,11,18-19H,3-10,12H2. The lowest BCUT2D eigenvalue weighted by Crippen LogP contribution is -2.31. The van der Waals surface area contributed by atoms with Crippen molar-refractivity contribution < 1.29 is 19.7 Å². The van der Waals surface area contributed by atoms with Gasteiger partial charge in [-0.15, -0.1) is 0 Å². The highest BCUT2D eigenvalue weighted by Gasteiger charge is 2.07. The van der Waals surface area contributed by atoms with Crippen LogP contribution in [0.1, 0.15) is 5.56 Å². The van der Waals surface area contributed by atoms with Crippen LogP contribution < -0.4 is 0 Å². The Labute approximate surface area is 133 Å². The molecule has 0 bridgehead atoms. The Balaban J connectivity index is 2.41. The molecule has 0 spiro atoms. The van der Waals surface area contributed by atoms with Crippen molar-refractivity contribution >= 4 is 15.9 Å². The molecule has 1 aromatic rings. The first-order chi connectivity index (χ1) is 10.3. The molecule has 0 aromatic carbocycles. The Morgan fingerprint density at radius 2 is 1.67 bits per heavy atom. The maximum Gasteiger partial charge on any atom is 0.106 e. The van der Waals surface area contributed by atoms with Crippen molar-refractivity contribution in [2.45, 2.75) is 6.54 Å². The van der Waals surface area contributed by atoms with E-state index < -0.39 is 0 Å². The Bertz CT molecular complexity index is 370. The monoisotopic (exact) mass is 362 g/mol. The van der Waals surface area contributed by atoms with E-state index in [0.29, 0.717) is 26.4 Å². The molecule has 0 aliphatic rings. The van der Waals surface area contributed by atoms with E-state index in [1.807, 2.05) is 12.1 Å². The van der Waals surface area contributed by atoms with Crippen LogP contribution in [-0.4, -0.2) is 72.8 Å². The minimum Gasteiger partial charge on any atom is -0.394 e. The van der Waals surface area contributed by atoms with E-state index in [4.69, 9.17) is 19.7 Å². The smallest absolute Gasteiger partial charge is 0.106 e. The third-order valence-electron chi connectivity index (χ3n) is 2.77. The highest BCUT2D eigenvalue weighted by atomic mass is 79.9. The molecular weight excluding hydrogens is 340 g/mol. The zero-order chi connectivity index (χ0) is 15.3. The summed E-state index contributed by atoms with van der Waals surface area (Å²) < 4.78 is 11.4. The van der Waals surface area contributed by atoms with Crippen LogP contribution in [0.3, 0.4) is 0 Å². The summed E-state index contributed by atoms with van der Waals surface area (Å²) in [4.78, 5) is 6.32. The summed E-state index contributed by atoms with van der Waals surface area (Å²) in [5.41, 5.74) is 1.15. The number of hydrogen-bond acceptors (Lipinski definition) is 6. The lowest BCUT2D eigenvalue weighted by molar-refractivity contribution is 0.0486. The van der Waals surface area contributed by atoms with Gasteiger partial charge in [-0.2, -0.15) is 0 Å². The largest absolute Gasteiger partial charge is 0.394 e. The number of ether oxygens (including phenoxy) is 2. The lowest BCUT2D eigenvalue weighted by atomic mass is 10.2. The molecule has 0 fully saturated rings. The van der Waals surface area contributed by atoms with Gasteiger partial charge in [0.2, 0.25) is 0 Å². The fourth-order valence-electron chi connectivity index (χ4n) is 1.79. The fraction of sp³-hybridized carbons (Fsp3) is 0.643. The summed E-state index contributed by atoms with van der Waals surface area (Å²) in [7, 11) is 0. The van der Waals surface area contributed by atoms with E-state index >= 15 is 0 Å². The van der Waals surface area contributed by atoms with Gasteiger partial charge < -0.3 is 19.7 Å². The molecule has 0 atom stereocenters. The summed E-state index contributed by atoms with van der Waals surface area (Å²) in [6.07, 6.45) is 1.77. The Morgan fingerprint density at radius 1 is 1.05 bits per heavy atom. The number of hydrogen-bond donors (Lipinski definition) is 2. The van der Waals surface area contributed by atoms with Crippen molar-refractivity contribution in [1.82, 2.24) is 9.88 Å². The SMILES string of the molecule is OCCOCCN(CCOCCO)Cc1ccnc(Br)c1. The minimum atomic E-state index is 0.0386. The van der Waals surface area contributed by atoms with Crippen molar-refractivity contribution in [2.75, 3.05) is 52.7 Å². The quantitative estimate of drug-likeness (QED) is 0.420. The summed E-state index contributed by atoms with van der Waals surface area (Å²) in [6, 6.07) is 3.96. The molecule has 0 unspecified atom stereocenters. The molecule has 2 N–H and O–H groups in total. The summed E-state index contributed by atoms with van der Waals surface area (Å²) in [5.74, 6) is 0. The molecule has 0 radical (unpaired) electrons. The van der Waals surface area contributed by atoms with Gasteiger partial charge in [-0.05, 0) is 33.6 Å². The summed E-state index contributed by atoms with van der Waals surface area (Å²) >= 11 is 3.36. The van der Waals surface area contributed by atoms with Crippen LogP contribution in [0.5, 0.6) is 0 Å². The van der Waals surface area contributed by atoms with Crippen LogP contribution >= 0.6 is 15.9 Å². The maximum atomic E-state index is 8.70. The van der Waals surface area contributed by atoms with Gasteiger partial charge in [-0.3, -0.25) is 4.90 Å². The normalized spacial score (nSPS) is 11.2. The number of rotatable bonds is 12. The molecular formula is C14H23BrN2O4. The maximum absolute atomic E-state index is 8.70. The van der Waals surface area contributed by atoms with Crippen LogP contribution in [-0.2, 0) is 16.0 Å². The van der Waals surface area contributed by atoms with Crippen molar-refractivity contribution in [3.05, 3.63) is 28.5 Å². The number of nitrogens with zero attached hydrogens (tertiary/aromatic N) is 2. The second kappa shape index (κ2) is 12.0. The molecule has 6 nitrogen and oxygen atoms in total. The average molecular weight is 363 g/mol. The number of pyridine rings is 1. The number of aromatic nitrogens is 1. The third-order valence-corrected chi connectivity index (χ3v) is 3.21. The molecule has 0 saturated carbocycles. The van der Waals surface area contributed by atoms with E-state index in [2.05, 4.69) is 25.8 Å². The van der Waals surface area contributed by atoms with Crippen LogP contribution in [0.2, 0.25) is 0 Å². The van der Waals surface area contributed by atoms with Gasteiger partial charge in [0.05, 0.1) is 39.6 Å². The molecule has 0 saturated heterocycles. The van der Waals surface area contributed by atoms with Crippen molar-refractivity contribution in [3.63, 3.8) is 0 Å². The second-order valence-corrected chi connectivity index (χ2v) is 5.25. The first kappa shape index (κ1) is 18.5. The van der Waals surface area contributed by atoms with Crippen LogP contribution in [0.25, 0.3) is 0 Å². The Hall–Kier alpha value is -0.570. The lowest BCUT2D eigenvalue weighted by Gasteiger charge is -2.22. The van der Waals surface area contributed by atoms with Crippen LogP contribution in [0.4, 0.5) is 0 Å². The molecule has 120 valence electrons. The molecule has 0 amide bonds. The van der Waals surface area contributed by atoms with E-state index in [1.165, 1.54) is 0 Å². The van der Waals surface area contributed by atoms with E-state index in [9.17, 15) is 0 Å². The Kier molecular flexibility index (Phi) is 10.6. The Morgan fingerprint density at radius 3 is 2.19 bits per heavy atom. The fourth-order valence-corrected chi connectivity index (χ4v) is 2.20. The molecule has 1 aromatic heterocycles. The van der Waals surface area contributed by atoms with Gasteiger partial charge in [-0.25, -0.2) is 4.98 Å².